The van der Waals surface area contributed by atoms with Crippen molar-refractivity contribution in [1.82, 2.24) is 4.98 Å². The highest BCUT2D eigenvalue weighted by atomic mass is 14.7. The Morgan fingerprint density at radius 3 is 2.50 bits per heavy atom. The highest BCUT2D eigenvalue weighted by Crippen LogP contribution is 2.31. The van der Waals surface area contributed by atoms with E-state index in [0.717, 1.165) is 6.42 Å². The van der Waals surface area contributed by atoms with Crippen molar-refractivity contribution in [1.29, 1.82) is 0 Å². The zero-order valence-electron chi connectivity index (χ0n) is 12.0. The summed E-state index contributed by atoms with van der Waals surface area (Å²) < 4.78 is 0. The van der Waals surface area contributed by atoms with Crippen LogP contribution >= 0.6 is 0 Å². The van der Waals surface area contributed by atoms with E-state index >= 15 is 0 Å². The van der Waals surface area contributed by atoms with E-state index in [1.807, 2.05) is 0 Å². The zero-order valence-corrected chi connectivity index (χ0v) is 12.0. The number of para-hydroxylation sites is 1. The summed E-state index contributed by atoms with van der Waals surface area (Å²) in [4.78, 5) is 3.42. The van der Waals surface area contributed by atoms with Crippen LogP contribution in [-0.2, 0) is 6.42 Å². The van der Waals surface area contributed by atoms with Gasteiger partial charge in [0.15, 0.2) is 0 Å². The molecule has 0 spiro atoms. The molecule has 102 valence electrons. The average Bonchev–Trinajstić information content (AvgIpc) is 2.81. The van der Waals surface area contributed by atoms with E-state index < -0.39 is 0 Å². The molecule has 0 saturated carbocycles. The standard InChI is InChI=1S/C18H20N2/c1-12-8-13(2)10-15(9-12)17-5-3-4-16-14(6-7-19)11-20-18(16)17/h3-5,8-11,20H,6-7,19H2,1-2H3. The van der Waals surface area contributed by atoms with E-state index in [-0.39, 0.29) is 0 Å². The maximum absolute atomic E-state index is 5.69. The molecule has 20 heavy (non-hydrogen) atoms. The summed E-state index contributed by atoms with van der Waals surface area (Å²) >= 11 is 0. The zero-order chi connectivity index (χ0) is 14.1. The predicted octanol–water partition coefficient (Wildman–Crippen LogP) is 3.95. The van der Waals surface area contributed by atoms with E-state index in [4.69, 9.17) is 5.73 Å². The SMILES string of the molecule is Cc1cc(C)cc(-c2cccc3c(CCN)c[nH]c23)c1. The van der Waals surface area contributed by atoms with Crippen LogP contribution in [0.25, 0.3) is 22.0 Å². The molecule has 2 nitrogen and oxygen atoms in total. The molecule has 0 fully saturated rings. The number of nitrogens with two attached hydrogens (primary N) is 1. The molecule has 0 atom stereocenters. The highest BCUT2D eigenvalue weighted by Gasteiger charge is 2.09. The summed E-state index contributed by atoms with van der Waals surface area (Å²) in [5.74, 6) is 0. The summed E-state index contributed by atoms with van der Waals surface area (Å²) in [7, 11) is 0. The molecule has 1 heterocycles. The highest BCUT2D eigenvalue weighted by molar-refractivity contribution is 5.96. The monoisotopic (exact) mass is 264 g/mol. The first-order valence-corrected chi connectivity index (χ1v) is 7.07. The van der Waals surface area contributed by atoms with Gasteiger partial charge in [0.1, 0.15) is 0 Å². The van der Waals surface area contributed by atoms with Gasteiger partial charge >= 0.3 is 0 Å². The minimum absolute atomic E-state index is 0.681. The lowest BCUT2D eigenvalue weighted by Crippen LogP contribution is -2.01. The lowest BCUT2D eigenvalue weighted by atomic mass is 9.98. The van der Waals surface area contributed by atoms with Crippen molar-refractivity contribution in [2.45, 2.75) is 20.3 Å². The van der Waals surface area contributed by atoms with Gasteiger partial charge in [0, 0.05) is 17.1 Å². The van der Waals surface area contributed by atoms with E-state index in [1.165, 1.54) is 38.7 Å². The Balaban J connectivity index is 2.21. The second-order valence-electron chi connectivity index (χ2n) is 5.46. The fourth-order valence-electron chi connectivity index (χ4n) is 2.95. The quantitative estimate of drug-likeness (QED) is 0.739. The number of H-pyrrole nitrogens is 1. The second kappa shape index (κ2) is 5.14. The molecule has 2 heteroatoms. The Kier molecular flexibility index (Phi) is 3.33. The van der Waals surface area contributed by atoms with E-state index in [1.54, 1.807) is 0 Å². The first-order valence-electron chi connectivity index (χ1n) is 7.07. The predicted molar refractivity (Wildman–Crippen MR) is 86.0 cm³/mol. The third kappa shape index (κ3) is 2.23. The van der Waals surface area contributed by atoms with E-state index in [2.05, 4.69) is 61.4 Å². The molecule has 2 aromatic carbocycles. The molecule has 0 saturated heterocycles. The number of fused-ring (bicyclic) bond motifs is 1. The average molecular weight is 264 g/mol. The maximum Gasteiger partial charge on any atom is 0.0536 e. The van der Waals surface area contributed by atoms with Gasteiger partial charge in [0.2, 0.25) is 0 Å². The van der Waals surface area contributed by atoms with E-state index in [9.17, 15) is 0 Å². The van der Waals surface area contributed by atoms with Gasteiger partial charge < -0.3 is 10.7 Å². The van der Waals surface area contributed by atoms with E-state index in [0.29, 0.717) is 6.54 Å². The van der Waals surface area contributed by atoms with Gasteiger partial charge in [-0.25, -0.2) is 0 Å². The molecule has 3 aromatic rings. The third-order valence-corrected chi connectivity index (χ3v) is 3.75. The molecule has 0 bridgehead atoms. The summed E-state index contributed by atoms with van der Waals surface area (Å²) in [5.41, 5.74) is 13.3. The van der Waals surface area contributed by atoms with Crippen molar-refractivity contribution >= 4 is 10.9 Å². The molecule has 3 N–H and O–H groups in total. The smallest absolute Gasteiger partial charge is 0.0536 e. The molecule has 3 rings (SSSR count). The number of benzene rings is 2. The van der Waals surface area contributed by atoms with Gasteiger partial charge in [-0.3, -0.25) is 0 Å². The summed E-state index contributed by atoms with van der Waals surface area (Å²) in [5, 5.41) is 1.28. The summed E-state index contributed by atoms with van der Waals surface area (Å²) in [6.07, 6.45) is 3.00. The van der Waals surface area contributed by atoms with Crippen molar-refractivity contribution in [2.24, 2.45) is 5.73 Å². The molecule has 1 aromatic heterocycles. The molecule has 0 aliphatic carbocycles. The fraction of sp³-hybridized carbons (Fsp3) is 0.222. The van der Waals surface area contributed by atoms with Crippen molar-refractivity contribution in [2.75, 3.05) is 6.54 Å². The van der Waals surface area contributed by atoms with Gasteiger partial charge in [-0.15, -0.1) is 0 Å². The van der Waals surface area contributed by atoms with Crippen molar-refractivity contribution < 1.29 is 0 Å². The first-order chi connectivity index (χ1) is 9.69. The van der Waals surface area contributed by atoms with Crippen LogP contribution in [0, 0.1) is 13.8 Å². The van der Waals surface area contributed by atoms with Gasteiger partial charge in [0.25, 0.3) is 0 Å². The lowest BCUT2D eigenvalue weighted by molar-refractivity contribution is 0.976. The topological polar surface area (TPSA) is 41.8 Å². The number of rotatable bonds is 3. The maximum atomic E-state index is 5.69. The first kappa shape index (κ1) is 12.9. The Morgan fingerprint density at radius 2 is 1.80 bits per heavy atom. The van der Waals surface area contributed by atoms with Crippen LogP contribution in [0.4, 0.5) is 0 Å². The Morgan fingerprint density at radius 1 is 1.05 bits per heavy atom. The number of nitrogens with one attached hydrogen (secondary N) is 1. The number of aryl methyl sites for hydroxylation is 2. The third-order valence-electron chi connectivity index (χ3n) is 3.75. The summed E-state index contributed by atoms with van der Waals surface area (Å²) in [6.45, 7) is 4.97. The number of hydrogen-bond donors (Lipinski definition) is 2. The van der Waals surface area contributed by atoms with Crippen LogP contribution in [0.1, 0.15) is 16.7 Å². The molecule has 0 aliphatic rings. The van der Waals surface area contributed by atoms with Crippen LogP contribution in [0.5, 0.6) is 0 Å². The minimum atomic E-state index is 0.681. The fourth-order valence-corrected chi connectivity index (χ4v) is 2.95. The molecule has 0 aliphatic heterocycles. The lowest BCUT2D eigenvalue weighted by Gasteiger charge is -2.07. The Bertz CT molecular complexity index is 733. The van der Waals surface area contributed by atoms with Gasteiger partial charge in [-0.1, -0.05) is 47.5 Å². The van der Waals surface area contributed by atoms with Crippen LogP contribution in [0.3, 0.4) is 0 Å². The number of aromatic amines is 1. The second-order valence-corrected chi connectivity index (χ2v) is 5.46. The van der Waals surface area contributed by atoms with Crippen molar-refractivity contribution in [3.63, 3.8) is 0 Å². The molecular formula is C18H20N2. The van der Waals surface area contributed by atoms with Crippen molar-refractivity contribution in [3.05, 3.63) is 59.3 Å². The molecule has 0 unspecified atom stereocenters. The largest absolute Gasteiger partial charge is 0.360 e. The molecule has 0 amide bonds. The van der Waals surface area contributed by atoms with Gasteiger partial charge in [-0.2, -0.15) is 0 Å². The molecule has 0 radical (unpaired) electrons. The van der Waals surface area contributed by atoms with Crippen LogP contribution in [0.15, 0.2) is 42.6 Å². The van der Waals surface area contributed by atoms with Gasteiger partial charge in [-0.05, 0) is 37.9 Å². The number of hydrogen-bond acceptors (Lipinski definition) is 1. The van der Waals surface area contributed by atoms with Crippen LogP contribution in [0.2, 0.25) is 0 Å². The normalized spacial score (nSPS) is 11.2. The molecular weight excluding hydrogens is 244 g/mol. The minimum Gasteiger partial charge on any atom is -0.360 e. The van der Waals surface area contributed by atoms with Gasteiger partial charge in [0.05, 0.1) is 5.52 Å². The number of aromatic nitrogens is 1. The Hall–Kier alpha value is -2.06. The Labute approximate surface area is 119 Å². The van der Waals surface area contributed by atoms with Crippen LogP contribution in [-0.4, -0.2) is 11.5 Å². The van der Waals surface area contributed by atoms with Crippen molar-refractivity contribution in [3.8, 4) is 11.1 Å². The summed E-state index contributed by atoms with van der Waals surface area (Å²) in [6, 6.07) is 13.2. The van der Waals surface area contributed by atoms with Crippen LogP contribution < -0.4 is 5.73 Å².